The molecule has 0 fully saturated rings. The Balaban J connectivity index is 1.48. The first-order valence-corrected chi connectivity index (χ1v) is 9.43. The number of nitrogens with one attached hydrogen (secondary N) is 1. The molecule has 0 amide bonds. The normalized spacial score (nSPS) is 16.0. The van der Waals surface area contributed by atoms with Gasteiger partial charge in [0.2, 0.25) is 5.95 Å². The van der Waals surface area contributed by atoms with Crippen LogP contribution in [0.2, 0.25) is 0 Å². The molecule has 4 rings (SSSR count). The smallest absolute Gasteiger partial charge is 0.222 e. The molecular weight excluding hydrogens is 334 g/mol. The number of anilines is 1. The standard InChI is InChI=1S/C23H23N3O/c1-16-7-5-6-10-19(16)18-13-21-20(22(27)14-18)15-25-23(26-21)24-12-11-17-8-3-2-4-9-17/h2-10,15,18H,11-14H2,1H3,(H,24,25,26)/t18-/m1/s1. The minimum Gasteiger partial charge on any atom is -0.354 e. The number of nitrogens with zero attached hydrogens (tertiary/aromatic N) is 2. The molecule has 1 aliphatic rings. The highest BCUT2D eigenvalue weighted by Crippen LogP contribution is 2.33. The number of carbonyl (C=O) groups excluding carboxylic acids is 1. The third-order valence-electron chi connectivity index (χ3n) is 5.21. The van der Waals surface area contributed by atoms with Gasteiger partial charge in [0, 0.05) is 19.2 Å². The third-order valence-corrected chi connectivity index (χ3v) is 5.21. The average molecular weight is 357 g/mol. The second-order valence-electron chi connectivity index (χ2n) is 7.10. The number of hydrogen-bond acceptors (Lipinski definition) is 4. The second kappa shape index (κ2) is 7.70. The molecular formula is C23H23N3O. The van der Waals surface area contributed by atoms with Gasteiger partial charge in [-0.05, 0) is 42.4 Å². The molecule has 2 aromatic carbocycles. The Bertz CT molecular complexity index is 953. The summed E-state index contributed by atoms with van der Waals surface area (Å²) in [6.45, 7) is 2.86. The zero-order chi connectivity index (χ0) is 18.6. The number of fused-ring (bicyclic) bond motifs is 1. The minimum absolute atomic E-state index is 0.139. The fourth-order valence-corrected chi connectivity index (χ4v) is 3.76. The largest absolute Gasteiger partial charge is 0.354 e. The molecule has 4 nitrogen and oxygen atoms in total. The second-order valence-corrected chi connectivity index (χ2v) is 7.10. The van der Waals surface area contributed by atoms with Gasteiger partial charge in [-0.1, -0.05) is 54.6 Å². The molecule has 0 aliphatic heterocycles. The molecule has 0 saturated carbocycles. The summed E-state index contributed by atoms with van der Waals surface area (Å²) in [6, 6.07) is 18.6. The zero-order valence-electron chi connectivity index (χ0n) is 15.5. The maximum atomic E-state index is 12.6. The highest BCUT2D eigenvalue weighted by atomic mass is 16.1. The van der Waals surface area contributed by atoms with Crippen molar-refractivity contribution in [3.05, 3.63) is 88.7 Å². The van der Waals surface area contributed by atoms with Crippen LogP contribution in [0.1, 0.15) is 45.1 Å². The van der Waals surface area contributed by atoms with Crippen LogP contribution in [0.4, 0.5) is 5.95 Å². The summed E-state index contributed by atoms with van der Waals surface area (Å²) >= 11 is 0. The van der Waals surface area contributed by atoms with Gasteiger partial charge in [0.25, 0.3) is 0 Å². The van der Waals surface area contributed by atoms with Crippen LogP contribution in [-0.4, -0.2) is 22.3 Å². The lowest BCUT2D eigenvalue weighted by Crippen LogP contribution is -2.22. The molecule has 0 unspecified atom stereocenters. The van der Waals surface area contributed by atoms with E-state index in [4.69, 9.17) is 0 Å². The molecule has 1 N–H and O–H groups in total. The quantitative estimate of drug-likeness (QED) is 0.737. The third kappa shape index (κ3) is 3.90. The van der Waals surface area contributed by atoms with E-state index in [0.717, 1.165) is 25.1 Å². The average Bonchev–Trinajstić information content (AvgIpc) is 2.69. The van der Waals surface area contributed by atoms with Crippen LogP contribution in [-0.2, 0) is 12.8 Å². The Labute approximate surface area is 159 Å². The van der Waals surface area contributed by atoms with Crippen LogP contribution in [0.15, 0.2) is 60.8 Å². The van der Waals surface area contributed by atoms with Crippen LogP contribution in [0.25, 0.3) is 0 Å². The van der Waals surface area contributed by atoms with Gasteiger partial charge in [0.15, 0.2) is 5.78 Å². The van der Waals surface area contributed by atoms with Crippen molar-refractivity contribution < 1.29 is 4.79 Å². The van der Waals surface area contributed by atoms with E-state index < -0.39 is 0 Å². The van der Waals surface area contributed by atoms with Gasteiger partial charge in [0.05, 0.1) is 11.3 Å². The van der Waals surface area contributed by atoms with Crippen molar-refractivity contribution in [2.75, 3.05) is 11.9 Å². The van der Waals surface area contributed by atoms with Gasteiger partial charge < -0.3 is 5.32 Å². The Kier molecular flexibility index (Phi) is 4.97. The fraction of sp³-hybridized carbons (Fsp3) is 0.261. The molecule has 4 heteroatoms. The van der Waals surface area contributed by atoms with Crippen LogP contribution in [0.5, 0.6) is 0 Å². The Morgan fingerprint density at radius 2 is 1.81 bits per heavy atom. The maximum absolute atomic E-state index is 12.6. The van der Waals surface area contributed by atoms with Gasteiger partial charge in [-0.25, -0.2) is 9.97 Å². The zero-order valence-corrected chi connectivity index (χ0v) is 15.5. The number of aromatic nitrogens is 2. The van der Waals surface area contributed by atoms with Crippen molar-refractivity contribution >= 4 is 11.7 Å². The van der Waals surface area contributed by atoms with Crippen molar-refractivity contribution in [2.45, 2.75) is 32.1 Å². The van der Waals surface area contributed by atoms with Crippen LogP contribution in [0, 0.1) is 6.92 Å². The van der Waals surface area contributed by atoms with Gasteiger partial charge >= 0.3 is 0 Å². The predicted molar refractivity (Wildman–Crippen MR) is 107 cm³/mol. The summed E-state index contributed by atoms with van der Waals surface area (Å²) in [4.78, 5) is 21.6. The molecule has 0 bridgehead atoms. The van der Waals surface area contributed by atoms with Crippen LogP contribution >= 0.6 is 0 Å². The molecule has 1 aromatic heterocycles. The first-order chi connectivity index (χ1) is 13.2. The number of aryl methyl sites for hydroxylation is 1. The van der Waals surface area contributed by atoms with Crippen LogP contribution < -0.4 is 5.32 Å². The molecule has 27 heavy (non-hydrogen) atoms. The van der Waals surface area contributed by atoms with E-state index in [1.165, 1.54) is 16.7 Å². The number of Topliss-reactive ketones (excluding diaryl/α,β-unsaturated/α-hetero) is 1. The summed E-state index contributed by atoms with van der Waals surface area (Å²) in [5.74, 6) is 0.932. The molecule has 136 valence electrons. The summed E-state index contributed by atoms with van der Waals surface area (Å²) in [7, 11) is 0. The van der Waals surface area contributed by atoms with Crippen molar-refractivity contribution in [1.29, 1.82) is 0 Å². The Hall–Kier alpha value is -3.01. The first-order valence-electron chi connectivity index (χ1n) is 9.43. The molecule has 0 radical (unpaired) electrons. The van der Waals surface area contributed by atoms with E-state index in [-0.39, 0.29) is 11.7 Å². The summed E-state index contributed by atoms with van der Waals surface area (Å²) in [5, 5.41) is 3.29. The molecule has 0 saturated heterocycles. The summed E-state index contributed by atoms with van der Waals surface area (Å²) in [6.07, 6.45) is 3.90. The lowest BCUT2D eigenvalue weighted by Gasteiger charge is -2.24. The maximum Gasteiger partial charge on any atom is 0.222 e. The van der Waals surface area contributed by atoms with E-state index in [0.29, 0.717) is 17.9 Å². The van der Waals surface area contributed by atoms with Gasteiger partial charge in [-0.15, -0.1) is 0 Å². The van der Waals surface area contributed by atoms with Crippen LogP contribution in [0.3, 0.4) is 0 Å². The lowest BCUT2D eigenvalue weighted by atomic mass is 9.81. The minimum atomic E-state index is 0.139. The topological polar surface area (TPSA) is 54.9 Å². The highest BCUT2D eigenvalue weighted by molar-refractivity contribution is 5.98. The number of hydrogen-bond donors (Lipinski definition) is 1. The van der Waals surface area contributed by atoms with Crippen molar-refractivity contribution in [3.8, 4) is 0 Å². The monoisotopic (exact) mass is 357 g/mol. The van der Waals surface area contributed by atoms with Gasteiger partial charge in [0.1, 0.15) is 0 Å². The number of rotatable bonds is 5. The number of carbonyl (C=O) groups is 1. The van der Waals surface area contributed by atoms with E-state index >= 15 is 0 Å². The first kappa shape index (κ1) is 17.4. The van der Waals surface area contributed by atoms with E-state index in [1.54, 1.807) is 6.20 Å². The SMILES string of the molecule is Cc1ccccc1[C@H]1CC(=O)c2cnc(NCCc3ccccc3)nc2C1. The fourth-order valence-electron chi connectivity index (χ4n) is 3.76. The summed E-state index contributed by atoms with van der Waals surface area (Å²) in [5.41, 5.74) is 5.28. The molecule has 1 aliphatic carbocycles. The molecule has 0 spiro atoms. The van der Waals surface area contributed by atoms with Crippen molar-refractivity contribution in [3.63, 3.8) is 0 Å². The Morgan fingerprint density at radius 3 is 2.63 bits per heavy atom. The highest BCUT2D eigenvalue weighted by Gasteiger charge is 2.28. The van der Waals surface area contributed by atoms with E-state index in [2.05, 4.69) is 46.5 Å². The predicted octanol–water partition coefficient (Wildman–Crippen LogP) is 4.35. The number of benzene rings is 2. The van der Waals surface area contributed by atoms with E-state index in [1.807, 2.05) is 30.3 Å². The Morgan fingerprint density at radius 1 is 1.04 bits per heavy atom. The van der Waals surface area contributed by atoms with E-state index in [9.17, 15) is 4.79 Å². The van der Waals surface area contributed by atoms with Crippen molar-refractivity contribution in [2.24, 2.45) is 0 Å². The number of ketones is 1. The van der Waals surface area contributed by atoms with Gasteiger partial charge in [-0.2, -0.15) is 0 Å². The van der Waals surface area contributed by atoms with Crippen molar-refractivity contribution in [1.82, 2.24) is 9.97 Å². The molecule has 3 aromatic rings. The lowest BCUT2D eigenvalue weighted by molar-refractivity contribution is 0.0962. The molecule has 1 atom stereocenters. The summed E-state index contributed by atoms with van der Waals surface area (Å²) < 4.78 is 0. The van der Waals surface area contributed by atoms with Gasteiger partial charge in [-0.3, -0.25) is 4.79 Å². The molecule has 1 heterocycles.